The third-order valence-corrected chi connectivity index (χ3v) is 2.82. The van der Waals surface area contributed by atoms with Crippen molar-refractivity contribution >= 4 is 17.3 Å². The van der Waals surface area contributed by atoms with Crippen LogP contribution in [-0.2, 0) is 4.79 Å². The molecule has 1 aromatic rings. The zero-order valence-corrected chi connectivity index (χ0v) is 11.2. The van der Waals surface area contributed by atoms with Crippen molar-refractivity contribution < 1.29 is 45.2 Å². The van der Waals surface area contributed by atoms with Crippen LogP contribution in [0.4, 0.5) is 36.4 Å². The van der Waals surface area contributed by atoms with Gasteiger partial charge in [-0.3, -0.25) is 19.7 Å². The van der Waals surface area contributed by atoms with Gasteiger partial charge in [0.25, 0.3) is 5.69 Å². The van der Waals surface area contributed by atoms with Gasteiger partial charge in [0.15, 0.2) is 5.78 Å². The number of ketones is 2. The highest BCUT2D eigenvalue weighted by Gasteiger charge is 2.75. The van der Waals surface area contributed by atoms with Crippen LogP contribution in [0.15, 0.2) is 24.3 Å². The standard InChI is InChI=1S/C12H6F7NO4/c13-10(14,11(15,16)12(17,18)19)9(22)5-8(21)6-1-3-7(4-2-6)20(23)24/h1-4H,5H2. The Morgan fingerprint density at radius 2 is 1.42 bits per heavy atom. The predicted octanol–water partition coefficient (Wildman–Crippen LogP) is 3.57. The quantitative estimate of drug-likeness (QED) is 0.255. The van der Waals surface area contributed by atoms with E-state index >= 15 is 0 Å². The number of nitro groups is 1. The van der Waals surface area contributed by atoms with Crippen LogP contribution in [0.1, 0.15) is 16.8 Å². The third-order valence-electron chi connectivity index (χ3n) is 2.82. The van der Waals surface area contributed by atoms with E-state index in [4.69, 9.17) is 0 Å². The van der Waals surface area contributed by atoms with Crippen LogP contribution in [0.25, 0.3) is 0 Å². The molecule has 0 amide bonds. The summed E-state index contributed by atoms with van der Waals surface area (Å²) in [4.78, 5) is 32.1. The lowest BCUT2D eigenvalue weighted by molar-refractivity contribution is -0.384. The summed E-state index contributed by atoms with van der Waals surface area (Å²) in [5.41, 5.74) is -1.04. The fourth-order valence-corrected chi connectivity index (χ4v) is 1.48. The maximum Gasteiger partial charge on any atom is 0.460 e. The van der Waals surface area contributed by atoms with Crippen LogP contribution in [0.5, 0.6) is 0 Å². The SMILES string of the molecule is O=C(CC(=O)C(F)(F)C(F)(F)C(F)(F)F)c1ccc([N+](=O)[O-])cc1. The van der Waals surface area contributed by atoms with Gasteiger partial charge in [-0.1, -0.05) is 0 Å². The van der Waals surface area contributed by atoms with Gasteiger partial charge in [0.1, 0.15) is 0 Å². The number of hydrogen-bond acceptors (Lipinski definition) is 4. The molecule has 0 fully saturated rings. The molecule has 0 aromatic heterocycles. The molecule has 0 saturated heterocycles. The van der Waals surface area contributed by atoms with Gasteiger partial charge in [-0.15, -0.1) is 0 Å². The van der Waals surface area contributed by atoms with Crippen LogP contribution in [0, 0.1) is 10.1 Å². The number of hydrogen-bond donors (Lipinski definition) is 0. The largest absolute Gasteiger partial charge is 0.460 e. The van der Waals surface area contributed by atoms with E-state index in [1.165, 1.54) is 0 Å². The number of rotatable bonds is 6. The molecule has 1 rings (SSSR count). The minimum absolute atomic E-state index is 0.494. The third kappa shape index (κ3) is 3.51. The van der Waals surface area contributed by atoms with Crippen LogP contribution in [0.3, 0.4) is 0 Å². The number of nitrogens with zero attached hydrogens (tertiary/aromatic N) is 1. The molecular weight excluding hydrogens is 355 g/mol. The zero-order valence-electron chi connectivity index (χ0n) is 11.2. The van der Waals surface area contributed by atoms with Crippen LogP contribution < -0.4 is 0 Å². The van der Waals surface area contributed by atoms with Crippen molar-refractivity contribution in [3.8, 4) is 0 Å². The second-order valence-electron chi connectivity index (χ2n) is 4.47. The maximum absolute atomic E-state index is 13.1. The maximum atomic E-state index is 13.1. The summed E-state index contributed by atoms with van der Waals surface area (Å²) in [7, 11) is 0. The normalized spacial score (nSPS) is 12.8. The molecule has 0 heterocycles. The number of nitro benzene ring substituents is 1. The first-order valence-electron chi connectivity index (χ1n) is 5.85. The molecule has 12 heteroatoms. The molecule has 5 nitrogen and oxygen atoms in total. The molecule has 0 atom stereocenters. The molecule has 1 aromatic carbocycles. The fourth-order valence-electron chi connectivity index (χ4n) is 1.48. The van der Waals surface area contributed by atoms with Crippen molar-refractivity contribution in [2.45, 2.75) is 24.4 Å². The van der Waals surface area contributed by atoms with Crippen molar-refractivity contribution in [3.63, 3.8) is 0 Å². The number of alkyl halides is 7. The highest BCUT2D eigenvalue weighted by Crippen LogP contribution is 2.47. The van der Waals surface area contributed by atoms with Gasteiger partial charge in [-0.25, -0.2) is 0 Å². The number of carbonyl (C=O) groups is 2. The van der Waals surface area contributed by atoms with Crippen molar-refractivity contribution in [1.29, 1.82) is 0 Å². The number of carbonyl (C=O) groups excluding carboxylic acids is 2. The minimum atomic E-state index is -6.69. The second-order valence-corrected chi connectivity index (χ2v) is 4.47. The second kappa shape index (κ2) is 6.17. The summed E-state index contributed by atoms with van der Waals surface area (Å²) in [5.74, 6) is -17.2. The van der Waals surface area contributed by atoms with Gasteiger partial charge in [-0.2, -0.15) is 30.7 Å². The Kier molecular flexibility index (Phi) is 5.02. The molecule has 24 heavy (non-hydrogen) atoms. The summed E-state index contributed by atoms with van der Waals surface area (Å²) in [6, 6.07) is 3.02. The molecule has 0 unspecified atom stereocenters. The van der Waals surface area contributed by atoms with Gasteiger partial charge < -0.3 is 0 Å². The van der Waals surface area contributed by atoms with E-state index in [0.29, 0.717) is 0 Å². The van der Waals surface area contributed by atoms with E-state index in [1.54, 1.807) is 0 Å². The Morgan fingerprint density at radius 1 is 0.958 bits per heavy atom. The first-order valence-corrected chi connectivity index (χ1v) is 5.85. The Hall–Kier alpha value is -2.53. The highest BCUT2D eigenvalue weighted by molar-refractivity contribution is 6.10. The summed E-state index contributed by atoms with van der Waals surface area (Å²) in [6.45, 7) is 0. The molecule has 0 aliphatic rings. The number of non-ortho nitro benzene ring substituents is 1. The molecule has 132 valence electrons. The van der Waals surface area contributed by atoms with Gasteiger partial charge in [0.2, 0.25) is 5.78 Å². The predicted molar refractivity (Wildman–Crippen MR) is 63.0 cm³/mol. The Balaban J connectivity index is 2.97. The Bertz CT molecular complexity index is 667. The van der Waals surface area contributed by atoms with E-state index in [-0.39, 0.29) is 0 Å². The first-order chi connectivity index (χ1) is 10.7. The van der Waals surface area contributed by atoms with E-state index < -0.39 is 52.2 Å². The number of benzene rings is 1. The highest BCUT2D eigenvalue weighted by atomic mass is 19.4. The van der Waals surface area contributed by atoms with Crippen molar-refractivity contribution in [1.82, 2.24) is 0 Å². The lowest BCUT2D eigenvalue weighted by Gasteiger charge is -2.26. The lowest BCUT2D eigenvalue weighted by Crippen LogP contribution is -2.56. The van der Waals surface area contributed by atoms with Crippen molar-refractivity contribution in [2.75, 3.05) is 0 Å². The summed E-state index contributed by atoms with van der Waals surface area (Å²) in [5, 5.41) is 10.4. The lowest BCUT2D eigenvalue weighted by atomic mass is 9.99. The first kappa shape index (κ1) is 19.5. The molecule has 0 aliphatic heterocycles. The van der Waals surface area contributed by atoms with E-state index in [1.807, 2.05) is 0 Å². The average molecular weight is 361 g/mol. The topological polar surface area (TPSA) is 77.3 Å². The summed E-state index contributed by atoms with van der Waals surface area (Å²) >= 11 is 0. The Labute approximate surface area is 128 Å². The molecule has 0 saturated carbocycles. The molecule has 0 bridgehead atoms. The van der Waals surface area contributed by atoms with Crippen molar-refractivity contribution in [3.05, 3.63) is 39.9 Å². The summed E-state index contributed by atoms with van der Waals surface area (Å²) in [6.07, 6.45) is -8.63. The monoisotopic (exact) mass is 361 g/mol. The molecule has 0 aliphatic carbocycles. The van der Waals surface area contributed by atoms with Crippen molar-refractivity contribution in [2.24, 2.45) is 0 Å². The molecule has 0 N–H and O–H groups in total. The van der Waals surface area contributed by atoms with E-state index in [9.17, 15) is 50.4 Å². The zero-order chi connectivity index (χ0) is 18.9. The van der Waals surface area contributed by atoms with Gasteiger partial charge >= 0.3 is 18.0 Å². The van der Waals surface area contributed by atoms with E-state index in [0.717, 1.165) is 24.3 Å². The number of halogens is 7. The minimum Gasteiger partial charge on any atom is -0.294 e. The van der Waals surface area contributed by atoms with E-state index in [2.05, 4.69) is 0 Å². The van der Waals surface area contributed by atoms with Crippen LogP contribution >= 0.6 is 0 Å². The molecule has 0 radical (unpaired) electrons. The van der Waals surface area contributed by atoms with Gasteiger partial charge in [-0.05, 0) is 12.1 Å². The van der Waals surface area contributed by atoms with Crippen LogP contribution in [-0.4, -0.2) is 34.5 Å². The fraction of sp³-hybridized carbons (Fsp3) is 0.333. The molecular formula is C12H6F7NO4. The van der Waals surface area contributed by atoms with Gasteiger partial charge in [0.05, 0.1) is 11.3 Å². The molecule has 0 spiro atoms. The average Bonchev–Trinajstić information content (AvgIpc) is 2.45. The Morgan fingerprint density at radius 3 is 1.79 bits per heavy atom. The van der Waals surface area contributed by atoms with Gasteiger partial charge in [0, 0.05) is 17.7 Å². The summed E-state index contributed by atoms with van der Waals surface area (Å²) < 4.78 is 87.3. The van der Waals surface area contributed by atoms with Crippen LogP contribution in [0.2, 0.25) is 0 Å². The number of Topliss-reactive ketones (excluding diaryl/α,β-unsaturated/α-hetero) is 2. The smallest absolute Gasteiger partial charge is 0.294 e.